The monoisotopic (exact) mass is 239 g/mol. The summed E-state index contributed by atoms with van der Waals surface area (Å²) < 4.78 is 0. The standard InChI is InChI=1S/C12H21N3S/c1-11(12-9-13-10-16-12)14-5-4-8-15-6-2-3-7-15/h9-11,14H,2-8H2,1H3. The van der Waals surface area contributed by atoms with Crippen LogP contribution in [0.2, 0.25) is 0 Å². The van der Waals surface area contributed by atoms with Crippen molar-refractivity contribution in [2.45, 2.75) is 32.2 Å². The molecule has 1 unspecified atom stereocenters. The highest BCUT2D eigenvalue weighted by atomic mass is 32.1. The number of hydrogen-bond acceptors (Lipinski definition) is 4. The number of hydrogen-bond donors (Lipinski definition) is 1. The summed E-state index contributed by atoms with van der Waals surface area (Å²) in [6.45, 7) is 7.19. The van der Waals surface area contributed by atoms with Gasteiger partial charge in [-0.3, -0.25) is 4.98 Å². The van der Waals surface area contributed by atoms with Gasteiger partial charge in [-0.15, -0.1) is 11.3 Å². The largest absolute Gasteiger partial charge is 0.309 e. The highest BCUT2D eigenvalue weighted by molar-refractivity contribution is 7.09. The molecule has 1 aliphatic rings. The topological polar surface area (TPSA) is 28.2 Å². The van der Waals surface area contributed by atoms with E-state index in [0.717, 1.165) is 6.54 Å². The van der Waals surface area contributed by atoms with Gasteiger partial charge in [-0.25, -0.2) is 0 Å². The lowest BCUT2D eigenvalue weighted by Gasteiger charge is -2.16. The summed E-state index contributed by atoms with van der Waals surface area (Å²) in [5.41, 5.74) is 1.90. The number of aromatic nitrogens is 1. The van der Waals surface area contributed by atoms with E-state index in [4.69, 9.17) is 0 Å². The number of nitrogens with zero attached hydrogens (tertiary/aromatic N) is 2. The first-order chi connectivity index (χ1) is 7.86. The number of nitrogens with one attached hydrogen (secondary N) is 1. The first-order valence-electron chi connectivity index (χ1n) is 6.20. The summed E-state index contributed by atoms with van der Waals surface area (Å²) in [7, 11) is 0. The van der Waals surface area contributed by atoms with Gasteiger partial charge in [0.2, 0.25) is 0 Å². The zero-order chi connectivity index (χ0) is 11.2. The zero-order valence-electron chi connectivity index (χ0n) is 9.98. The van der Waals surface area contributed by atoms with E-state index in [1.165, 1.54) is 43.8 Å². The molecule has 0 bridgehead atoms. The minimum absolute atomic E-state index is 0.450. The molecule has 0 radical (unpaired) electrons. The van der Waals surface area contributed by atoms with Crippen LogP contribution in [0.25, 0.3) is 0 Å². The summed E-state index contributed by atoms with van der Waals surface area (Å²) in [6, 6.07) is 0.450. The van der Waals surface area contributed by atoms with Crippen molar-refractivity contribution >= 4 is 11.3 Å². The highest BCUT2D eigenvalue weighted by Gasteiger charge is 2.11. The molecule has 0 spiro atoms. The van der Waals surface area contributed by atoms with E-state index < -0.39 is 0 Å². The van der Waals surface area contributed by atoms with Crippen LogP contribution >= 0.6 is 11.3 Å². The molecule has 0 amide bonds. The average Bonchev–Trinajstić information content (AvgIpc) is 2.96. The smallest absolute Gasteiger partial charge is 0.0794 e. The van der Waals surface area contributed by atoms with Gasteiger partial charge in [-0.2, -0.15) is 0 Å². The summed E-state index contributed by atoms with van der Waals surface area (Å²) >= 11 is 1.73. The Morgan fingerprint density at radius 2 is 2.31 bits per heavy atom. The van der Waals surface area contributed by atoms with Crippen LogP contribution in [0.3, 0.4) is 0 Å². The molecule has 0 aromatic carbocycles. The Bertz CT molecular complexity index is 280. The van der Waals surface area contributed by atoms with Crippen LogP contribution in [0.1, 0.15) is 37.1 Å². The lowest BCUT2D eigenvalue weighted by Crippen LogP contribution is -2.26. The molecule has 1 atom stereocenters. The van der Waals surface area contributed by atoms with Gasteiger partial charge in [-0.05, 0) is 52.4 Å². The molecule has 0 saturated carbocycles. The maximum Gasteiger partial charge on any atom is 0.0794 e. The predicted molar refractivity (Wildman–Crippen MR) is 68.8 cm³/mol. The third-order valence-electron chi connectivity index (χ3n) is 3.18. The second-order valence-electron chi connectivity index (χ2n) is 4.48. The molecule has 1 aliphatic heterocycles. The van der Waals surface area contributed by atoms with Gasteiger partial charge in [-0.1, -0.05) is 0 Å². The van der Waals surface area contributed by atoms with Crippen LogP contribution in [0, 0.1) is 0 Å². The molecular formula is C12H21N3S. The van der Waals surface area contributed by atoms with E-state index in [-0.39, 0.29) is 0 Å². The lowest BCUT2D eigenvalue weighted by molar-refractivity contribution is 0.328. The van der Waals surface area contributed by atoms with E-state index >= 15 is 0 Å². The van der Waals surface area contributed by atoms with Crippen molar-refractivity contribution in [1.82, 2.24) is 15.2 Å². The molecule has 1 aromatic rings. The van der Waals surface area contributed by atoms with Crippen molar-refractivity contribution in [2.75, 3.05) is 26.2 Å². The van der Waals surface area contributed by atoms with Crippen LogP contribution in [-0.4, -0.2) is 36.1 Å². The lowest BCUT2D eigenvalue weighted by atomic mass is 10.3. The second-order valence-corrected chi connectivity index (χ2v) is 5.40. The van der Waals surface area contributed by atoms with Crippen molar-refractivity contribution in [3.63, 3.8) is 0 Å². The van der Waals surface area contributed by atoms with Gasteiger partial charge >= 0.3 is 0 Å². The molecule has 1 N–H and O–H groups in total. The van der Waals surface area contributed by atoms with E-state index in [9.17, 15) is 0 Å². The van der Waals surface area contributed by atoms with Crippen LogP contribution in [0.15, 0.2) is 11.7 Å². The third-order valence-corrected chi connectivity index (χ3v) is 4.14. The van der Waals surface area contributed by atoms with Crippen molar-refractivity contribution < 1.29 is 0 Å². The summed E-state index contributed by atoms with van der Waals surface area (Å²) in [4.78, 5) is 8.01. The Balaban J connectivity index is 1.57. The van der Waals surface area contributed by atoms with Crippen molar-refractivity contribution in [2.24, 2.45) is 0 Å². The van der Waals surface area contributed by atoms with Crippen LogP contribution < -0.4 is 5.32 Å². The van der Waals surface area contributed by atoms with Gasteiger partial charge < -0.3 is 10.2 Å². The van der Waals surface area contributed by atoms with Crippen molar-refractivity contribution in [1.29, 1.82) is 0 Å². The number of rotatable bonds is 6. The fourth-order valence-corrected chi connectivity index (χ4v) is 2.82. The molecule has 16 heavy (non-hydrogen) atoms. The highest BCUT2D eigenvalue weighted by Crippen LogP contribution is 2.16. The minimum Gasteiger partial charge on any atom is -0.309 e. The maximum absolute atomic E-state index is 4.10. The van der Waals surface area contributed by atoms with Crippen molar-refractivity contribution in [3.05, 3.63) is 16.6 Å². The molecule has 2 heterocycles. The van der Waals surface area contributed by atoms with E-state index in [1.54, 1.807) is 11.3 Å². The van der Waals surface area contributed by atoms with Gasteiger partial charge in [0, 0.05) is 17.1 Å². The number of thiazole rings is 1. The molecule has 3 nitrogen and oxygen atoms in total. The predicted octanol–water partition coefficient (Wildman–Crippen LogP) is 2.28. The Morgan fingerprint density at radius 1 is 1.50 bits per heavy atom. The second kappa shape index (κ2) is 6.33. The van der Waals surface area contributed by atoms with Crippen LogP contribution in [0.5, 0.6) is 0 Å². The maximum atomic E-state index is 4.10. The fraction of sp³-hybridized carbons (Fsp3) is 0.750. The van der Waals surface area contributed by atoms with E-state index in [2.05, 4.69) is 22.1 Å². The summed E-state index contributed by atoms with van der Waals surface area (Å²) in [6.07, 6.45) is 6.00. The molecule has 0 aliphatic carbocycles. The molecule has 1 aromatic heterocycles. The van der Waals surface area contributed by atoms with Crippen LogP contribution in [0.4, 0.5) is 0 Å². The minimum atomic E-state index is 0.450. The number of likely N-dealkylation sites (tertiary alicyclic amines) is 1. The Labute approximate surface area is 102 Å². The van der Waals surface area contributed by atoms with Gasteiger partial charge in [0.05, 0.1) is 5.51 Å². The van der Waals surface area contributed by atoms with Crippen LogP contribution in [-0.2, 0) is 0 Å². The normalized spacial score (nSPS) is 19.1. The quantitative estimate of drug-likeness (QED) is 0.772. The fourth-order valence-electron chi connectivity index (χ4n) is 2.17. The van der Waals surface area contributed by atoms with Crippen molar-refractivity contribution in [3.8, 4) is 0 Å². The molecular weight excluding hydrogens is 218 g/mol. The van der Waals surface area contributed by atoms with E-state index in [1.807, 2.05) is 11.7 Å². The summed E-state index contributed by atoms with van der Waals surface area (Å²) in [5.74, 6) is 0. The average molecular weight is 239 g/mol. The van der Waals surface area contributed by atoms with Gasteiger partial charge in [0.1, 0.15) is 0 Å². The van der Waals surface area contributed by atoms with Gasteiger partial charge in [0.15, 0.2) is 0 Å². The molecule has 2 rings (SSSR count). The summed E-state index contributed by atoms with van der Waals surface area (Å²) in [5, 5.41) is 3.55. The molecule has 1 saturated heterocycles. The molecule has 90 valence electrons. The molecule has 4 heteroatoms. The first kappa shape index (κ1) is 12.0. The Morgan fingerprint density at radius 3 is 3.00 bits per heavy atom. The van der Waals surface area contributed by atoms with Gasteiger partial charge in [0.25, 0.3) is 0 Å². The SMILES string of the molecule is CC(NCCCN1CCCC1)c1cncs1. The third kappa shape index (κ3) is 3.54. The molecule has 1 fully saturated rings. The zero-order valence-corrected chi connectivity index (χ0v) is 10.8. The van der Waals surface area contributed by atoms with E-state index in [0.29, 0.717) is 6.04 Å². The Hall–Kier alpha value is -0.450. The first-order valence-corrected chi connectivity index (χ1v) is 7.08. The Kier molecular flexibility index (Phi) is 4.75.